The van der Waals surface area contributed by atoms with Gasteiger partial charge in [0.2, 0.25) is 0 Å². The quantitative estimate of drug-likeness (QED) is 0.511. The number of hydrogen-bond acceptors (Lipinski definition) is 5. The zero-order valence-electron chi connectivity index (χ0n) is 18.2. The maximum atomic E-state index is 5.36. The molecular weight excluding hydrogens is 372 g/mol. The zero-order valence-corrected chi connectivity index (χ0v) is 19.0. The normalized spacial score (nSPS) is 14.2. The van der Waals surface area contributed by atoms with Crippen LogP contribution in [0.3, 0.4) is 0 Å². The fourth-order valence-electron chi connectivity index (χ4n) is 2.93. The van der Waals surface area contributed by atoms with Gasteiger partial charge < -0.3 is 15.0 Å². The lowest BCUT2D eigenvalue weighted by atomic mass is 10.2. The van der Waals surface area contributed by atoms with Crippen LogP contribution in [0.5, 0.6) is 0 Å². The zero-order chi connectivity index (χ0) is 20.7. The Morgan fingerprint density at radius 2 is 2.14 bits per heavy atom. The molecule has 0 aromatic carbocycles. The maximum Gasteiger partial charge on any atom is 0.194 e. The van der Waals surface area contributed by atoms with Gasteiger partial charge in [-0.2, -0.15) is 5.10 Å². The number of aliphatic imine (C=N–C) groups is 1. The lowest BCUT2D eigenvalue weighted by molar-refractivity contribution is 0.119. The minimum Gasteiger partial charge on any atom is -0.375 e. The van der Waals surface area contributed by atoms with Gasteiger partial charge in [-0.3, -0.25) is 9.67 Å². The molecule has 0 bridgehead atoms. The number of methoxy groups -OCH3 is 1. The van der Waals surface area contributed by atoms with Crippen molar-refractivity contribution in [3.63, 3.8) is 0 Å². The summed E-state index contributed by atoms with van der Waals surface area (Å²) in [5, 5.41) is 11.0. The van der Waals surface area contributed by atoms with Crippen molar-refractivity contribution in [2.45, 2.75) is 53.8 Å². The number of nitrogens with one attached hydrogen (secondary N) is 1. The Labute approximate surface area is 172 Å². The standard InChI is InChI=1S/C20H34N6OS/c1-8-21-20(22-10-14(2)11-26-16(4)9-15(3)24-26)25(6)12-18-13-28-19(23-18)17(5)27-7/h9,13-14,17H,8,10-12H2,1-7H3,(H,21,22). The third kappa shape index (κ3) is 6.31. The summed E-state index contributed by atoms with van der Waals surface area (Å²) in [5.74, 6) is 1.30. The van der Waals surface area contributed by atoms with Crippen LogP contribution in [0.2, 0.25) is 0 Å². The summed E-state index contributed by atoms with van der Waals surface area (Å²) < 4.78 is 7.42. The largest absolute Gasteiger partial charge is 0.375 e. The molecule has 0 radical (unpaired) electrons. The maximum absolute atomic E-state index is 5.36. The Kier molecular flexibility index (Phi) is 8.44. The first-order chi connectivity index (χ1) is 13.3. The van der Waals surface area contributed by atoms with E-state index in [2.05, 4.69) is 57.2 Å². The van der Waals surface area contributed by atoms with Gasteiger partial charge in [0.25, 0.3) is 0 Å². The van der Waals surface area contributed by atoms with Crippen molar-refractivity contribution in [2.24, 2.45) is 10.9 Å². The van der Waals surface area contributed by atoms with E-state index in [1.807, 2.05) is 20.9 Å². The molecule has 0 saturated heterocycles. The third-order valence-corrected chi connectivity index (χ3v) is 5.56. The van der Waals surface area contributed by atoms with Crippen LogP contribution >= 0.6 is 11.3 Å². The van der Waals surface area contributed by atoms with E-state index in [4.69, 9.17) is 9.73 Å². The van der Waals surface area contributed by atoms with Crippen molar-refractivity contribution in [1.82, 2.24) is 25.0 Å². The van der Waals surface area contributed by atoms with Crippen molar-refractivity contribution >= 4 is 17.3 Å². The van der Waals surface area contributed by atoms with E-state index in [9.17, 15) is 0 Å². The highest BCUT2D eigenvalue weighted by Crippen LogP contribution is 2.21. The van der Waals surface area contributed by atoms with Crippen molar-refractivity contribution in [3.05, 3.63) is 33.5 Å². The molecule has 0 aliphatic rings. The van der Waals surface area contributed by atoms with E-state index in [0.29, 0.717) is 12.5 Å². The molecule has 0 saturated carbocycles. The fourth-order valence-corrected chi connectivity index (χ4v) is 3.77. The minimum absolute atomic E-state index is 0.0289. The van der Waals surface area contributed by atoms with Crippen LogP contribution in [-0.4, -0.2) is 52.9 Å². The SMILES string of the molecule is CCNC(=NCC(C)Cn1nc(C)cc1C)N(C)Cc1csc(C(C)OC)n1. The molecule has 2 heterocycles. The number of ether oxygens (including phenoxy) is 1. The van der Waals surface area contributed by atoms with E-state index < -0.39 is 0 Å². The van der Waals surface area contributed by atoms with Gasteiger partial charge in [-0.25, -0.2) is 4.98 Å². The molecular formula is C20H34N6OS. The summed E-state index contributed by atoms with van der Waals surface area (Å²) in [6, 6.07) is 2.11. The Morgan fingerprint density at radius 3 is 2.75 bits per heavy atom. The van der Waals surface area contributed by atoms with Crippen LogP contribution in [-0.2, 0) is 17.8 Å². The Morgan fingerprint density at radius 1 is 1.39 bits per heavy atom. The molecule has 2 rings (SSSR count). The van der Waals surface area contributed by atoms with Gasteiger partial charge in [0, 0.05) is 44.9 Å². The van der Waals surface area contributed by atoms with Crippen LogP contribution in [0.25, 0.3) is 0 Å². The van der Waals surface area contributed by atoms with E-state index in [-0.39, 0.29) is 6.10 Å². The number of guanidine groups is 1. The molecule has 0 spiro atoms. The first-order valence-electron chi connectivity index (χ1n) is 9.81. The van der Waals surface area contributed by atoms with E-state index >= 15 is 0 Å². The van der Waals surface area contributed by atoms with Crippen LogP contribution in [0.1, 0.15) is 49.0 Å². The number of rotatable bonds is 9. The van der Waals surface area contributed by atoms with Gasteiger partial charge in [0.1, 0.15) is 11.1 Å². The molecule has 8 heteroatoms. The van der Waals surface area contributed by atoms with Gasteiger partial charge in [-0.05, 0) is 39.7 Å². The highest BCUT2D eigenvalue weighted by molar-refractivity contribution is 7.09. The second-order valence-electron chi connectivity index (χ2n) is 7.32. The molecule has 2 aromatic heterocycles. The van der Waals surface area contributed by atoms with Crippen molar-refractivity contribution in [1.29, 1.82) is 0 Å². The number of aromatic nitrogens is 3. The number of nitrogens with zero attached hydrogens (tertiary/aromatic N) is 5. The minimum atomic E-state index is 0.0289. The summed E-state index contributed by atoms with van der Waals surface area (Å²) in [4.78, 5) is 11.6. The van der Waals surface area contributed by atoms with Crippen LogP contribution in [0, 0.1) is 19.8 Å². The summed E-state index contributed by atoms with van der Waals surface area (Å²) >= 11 is 1.64. The second kappa shape index (κ2) is 10.6. The first kappa shape index (κ1) is 22.4. The molecule has 0 aliphatic carbocycles. The van der Waals surface area contributed by atoms with E-state index in [0.717, 1.165) is 42.0 Å². The summed E-state index contributed by atoms with van der Waals surface area (Å²) in [5.41, 5.74) is 3.29. The number of aryl methyl sites for hydroxylation is 2. The molecule has 2 atom stereocenters. The van der Waals surface area contributed by atoms with Crippen LogP contribution < -0.4 is 5.32 Å². The Balaban J connectivity index is 1.98. The molecule has 156 valence electrons. The third-order valence-electron chi connectivity index (χ3n) is 4.51. The Hall–Kier alpha value is -1.93. The average Bonchev–Trinajstić information content (AvgIpc) is 3.24. The first-order valence-corrected chi connectivity index (χ1v) is 10.7. The highest BCUT2D eigenvalue weighted by Gasteiger charge is 2.13. The molecule has 7 nitrogen and oxygen atoms in total. The summed E-state index contributed by atoms with van der Waals surface area (Å²) in [6.07, 6.45) is 0.0289. The average molecular weight is 407 g/mol. The van der Waals surface area contributed by atoms with Gasteiger partial charge in [0.15, 0.2) is 5.96 Å². The molecule has 2 aromatic rings. The number of hydrogen-bond donors (Lipinski definition) is 1. The Bertz CT molecular complexity index is 769. The summed E-state index contributed by atoms with van der Waals surface area (Å²) in [6.45, 7) is 13.6. The van der Waals surface area contributed by atoms with Gasteiger partial charge in [-0.15, -0.1) is 11.3 Å². The van der Waals surface area contributed by atoms with E-state index in [1.165, 1.54) is 5.69 Å². The molecule has 2 unspecified atom stereocenters. The highest BCUT2D eigenvalue weighted by atomic mass is 32.1. The smallest absolute Gasteiger partial charge is 0.194 e. The topological polar surface area (TPSA) is 67.6 Å². The molecule has 1 N–H and O–H groups in total. The molecule has 28 heavy (non-hydrogen) atoms. The monoisotopic (exact) mass is 406 g/mol. The van der Waals surface area contributed by atoms with Gasteiger partial charge >= 0.3 is 0 Å². The number of thiazole rings is 1. The lowest BCUT2D eigenvalue weighted by Gasteiger charge is -2.22. The predicted molar refractivity (Wildman–Crippen MR) is 116 cm³/mol. The van der Waals surface area contributed by atoms with Crippen LogP contribution in [0.4, 0.5) is 0 Å². The van der Waals surface area contributed by atoms with Crippen molar-refractivity contribution in [2.75, 3.05) is 27.2 Å². The lowest BCUT2D eigenvalue weighted by Crippen LogP contribution is -2.39. The fraction of sp³-hybridized carbons (Fsp3) is 0.650. The molecule has 0 aliphatic heterocycles. The van der Waals surface area contributed by atoms with E-state index in [1.54, 1.807) is 18.4 Å². The predicted octanol–water partition coefficient (Wildman–Crippen LogP) is 3.40. The van der Waals surface area contributed by atoms with Gasteiger partial charge in [0.05, 0.1) is 17.9 Å². The molecule has 0 fully saturated rings. The summed E-state index contributed by atoms with van der Waals surface area (Å²) in [7, 11) is 3.76. The van der Waals surface area contributed by atoms with Crippen molar-refractivity contribution in [3.8, 4) is 0 Å². The van der Waals surface area contributed by atoms with Gasteiger partial charge in [-0.1, -0.05) is 6.92 Å². The second-order valence-corrected chi connectivity index (χ2v) is 8.21. The van der Waals surface area contributed by atoms with Crippen LogP contribution in [0.15, 0.2) is 16.4 Å². The molecule has 0 amide bonds. The van der Waals surface area contributed by atoms with Crippen molar-refractivity contribution < 1.29 is 4.74 Å².